The lowest BCUT2D eigenvalue weighted by molar-refractivity contribution is -0.286. The fourth-order valence-electron chi connectivity index (χ4n) is 1.09. The average molecular weight is 185 g/mol. The maximum Gasteiger partial charge on any atom is 0.239 e. The largest absolute Gasteiger partial charge is 0.251 e. The van der Waals surface area contributed by atoms with Crippen LogP contribution in [-0.2, 0) is 0 Å². The van der Waals surface area contributed by atoms with Gasteiger partial charge in [-0.05, 0) is 12.8 Å². The number of rotatable bonds is 2. The molecule has 0 aromatic rings. The molecule has 0 N–H and O–H groups in total. The van der Waals surface area contributed by atoms with Crippen molar-refractivity contribution in [3.63, 3.8) is 0 Å². The summed E-state index contributed by atoms with van der Waals surface area (Å²) in [4.78, 5) is 10.3. The van der Waals surface area contributed by atoms with E-state index in [1.165, 1.54) is 0 Å². The molecule has 4 heteroatoms. The van der Waals surface area contributed by atoms with Gasteiger partial charge in [0.1, 0.15) is 9.08 Å². The van der Waals surface area contributed by atoms with Crippen LogP contribution in [0.15, 0.2) is 24.3 Å². The van der Waals surface area contributed by atoms with E-state index in [1.54, 1.807) is 0 Å². The SMILES string of the molecule is CC1C=CC=CC1(C)S[N+](=O)[O-]. The third-order valence-electron chi connectivity index (χ3n) is 2.11. The van der Waals surface area contributed by atoms with Gasteiger partial charge in [-0.1, -0.05) is 31.2 Å². The number of nitro groups is 1. The minimum absolute atomic E-state index is 0.206. The van der Waals surface area contributed by atoms with Crippen molar-refractivity contribution < 1.29 is 4.33 Å². The Hall–Kier alpha value is -0.770. The van der Waals surface area contributed by atoms with Crippen LogP contribution in [0.25, 0.3) is 0 Å². The standard InChI is InChI=1S/C8H11NO2S/c1-7-5-3-4-6-8(7,2)12-9(10)11/h3-7H,1-2H3. The van der Waals surface area contributed by atoms with E-state index in [0.717, 1.165) is 11.9 Å². The predicted molar refractivity (Wildman–Crippen MR) is 50.4 cm³/mol. The predicted octanol–water partition coefficient (Wildman–Crippen LogP) is 2.43. The fourth-order valence-corrected chi connectivity index (χ4v) is 1.80. The molecular formula is C8H11NO2S. The highest BCUT2D eigenvalue weighted by Crippen LogP contribution is 2.37. The summed E-state index contributed by atoms with van der Waals surface area (Å²) in [6.45, 7) is 3.86. The van der Waals surface area contributed by atoms with Crippen molar-refractivity contribution in [2.75, 3.05) is 0 Å². The van der Waals surface area contributed by atoms with Gasteiger partial charge in [-0.15, -0.1) is 0 Å². The van der Waals surface area contributed by atoms with E-state index in [0.29, 0.717) is 0 Å². The summed E-state index contributed by atoms with van der Waals surface area (Å²) in [7, 11) is 0. The molecule has 0 saturated heterocycles. The molecular weight excluding hydrogens is 174 g/mol. The van der Waals surface area contributed by atoms with Gasteiger partial charge in [-0.25, -0.2) is 0 Å². The van der Waals surface area contributed by atoms with E-state index < -0.39 is 4.75 Å². The first-order chi connectivity index (χ1) is 5.54. The van der Waals surface area contributed by atoms with Crippen LogP contribution in [0.2, 0.25) is 0 Å². The maximum absolute atomic E-state index is 10.3. The highest BCUT2D eigenvalue weighted by atomic mass is 32.2. The molecule has 0 aromatic carbocycles. The summed E-state index contributed by atoms with van der Waals surface area (Å²) in [5.41, 5.74) is 0. The molecule has 1 aliphatic rings. The van der Waals surface area contributed by atoms with Gasteiger partial charge >= 0.3 is 0 Å². The maximum atomic E-state index is 10.3. The van der Waals surface area contributed by atoms with Crippen molar-refractivity contribution in [2.24, 2.45) is 5.92 Å². The molecule has 0 fully saturated rings. The van der Waals surface area contributed by atoms with E-state index in [4.69, 9.17) is 0 Å². The molecule has 0 aromatic heterocycles. The first-order valence-electron chi connectivity index (χ1n) is 3.74. The lowest BCUT2D eigenvalue weighted by Crippen LogP contribution is -2.28. The summed E-state index contributed by atoms with van der Waals surface area (Å²) < 4.78 is -0.724. The topological polar surface area (TPSA) is 43.1 Å². The molecule has 2 atom stereocenters. The van der Waals surface area contributed by atoms with Crippen LogP contribution in [0.5, 0.6) is 0 Å². The third kappa shape index (κ3) is 1.88. The molecule has 0 bridgehead atoms. The zero-order valence-corrected chi connectivity index (χ0v) is 7.88. The molecule has 66 valence electrons. The smallest absolute Gasteiger partial charge is 0.239 e. The molecule has 0 aliphatic heterocycles. The molecule has 0 amide bonds. The molecule has 1 rings (SSSR count). The minimum atomic E-state index is -0.391. The number of hydrogen-bond donors (Lipinski definition) is 0. The zero-order valence-electron chi connectivity index (χ0n) is 7.06. The van der Waals surface area contributed by atoms with Gasteiger partial charge in [0.05, 0.1) is 0 Å². The molecule has 12 heavy (non-hydrogen) atoms. The second-order valence-corrected chi connectivity index (χ2v) is 4.39. The van der Waals surface area contributed by atoms with E-state index in [-0.39, 0.29) is 10.2 Å². The van der Waals surface area contributed by atoms with Crippen molar-refractivity contribution in [3.8, 4) is 0 Å². The van der Waals surface area contributed by atoms with Crippen LogP contribution in [0.3, 0.4) is 0 Å². The van der Waals surface area contributed by atoms with Crippen LogP contribution < -0.4 is 0 Å². The van der Waals surface area contributed by atoms with Crippen molar-refractivity contribution in [1.29, 1.82) is 0 Å². The van der Waals surface area contributed by atoms with E-state index in [9.17, 15) is 10.1 Å². The van der Waals surface area contributed by atoms with Crippen molar-refractivity contribution in [3.05, 3.63) is 34.4 Å². The van der Waals surface area contributed by atoms with Gasteiger partial charge in [0.2, 0.25) is 11.9 Å². The third-order valence-corrected chi connectivity index (χ3v) is 3.16. The van der Waals surface area contributed by atoms with Crippen LogP contribution in [0.1, 0.15) is 13.8 Å². The van der Waals surface area contributed by atoms with Crippen LogP contribution in [0.4, 0.5) is 0 Å². The normalized spacial score (nSPS) is 33.7. The van der Waals surface area contributed by atoms with Gasteiger partial charge < -0.3 is 0 Å². The molecule has 3 nitrogen and oxygen atoms in total. The Morgan fingerprint density at radius 1 is 1.58 bits per heavy atom. The van der Waals surface area contributed by atoms with Crippen molar-refractivity contribution >= 4 is 11.9 Å². The zero-order chi connectivity index (χ0) is 9.19. The Morgan fingerprint density at radius 3 is 2.75 bits per heavy atom. The number of allylic oxidation sites excluding steroid dienone is 3. The Balaban J connectivity index is 2.76. The summed E-state index contributed by atoms with van der Waals surface area (Å²) in [5, 5.41) is 10.3. The highest BCUT2D eigenvalue weighted by molar-refractivity contribution is 7.94. The van der Waals surface area contributed by atoms with Gasteiger partial charge in [-0.2, -0.15) is 0 Å². The van der Waals surface area contributed by atoms with Crippen LogP contribution in [-0.4, -0.2) is 9.08 Å². The monoisotopic (exact) mass is 185 g/mol. The van der Waals surface area contributed by atoms with E-state index >= 15 is 0 Å². The van der Waals surface area contributed by atoms with Gasteiger partial charge in [0.15, 0.2) is 0 Å². The number of hydrogen-bond acceptors (Lipinski definition) is 3. The second-order valence-electron chi connectivity index (χ2n) is 3.03. The fraction of sp³-hybridized carbons (Fsp3) is 0.500. The average Bonchev–Trinajstić information content (AvgIpc) is 1.94. The van der Waals surface area contributed by atoms with Crippen LogP contribution >= 0.6 is 11.9 Å². The highest BCUT2D eigenvalue weighted by Gasteiger charge is 2.36. The van der Waals surface area contributed by atoms with E-state index in [1.807, 2.05) is 38.2 Å². The van der Waals surface area contributed by atoms with E-state index in [2.05, 4.69) is 0 Å². The Kier molecular flexibility index (Phi) is 2.57. The summed E-state index contributed by atoms with van der Waals surface area (Å²) in [5.74, 6) is 0.206. The van der Waals surface area contributed by atoms with Crippen molar-refractivity contribution in [1.82, 2.24) is 0 Å². The number of nitrogens with zero attached hydrogens (tertiary/aromatic N) is 1. The summed E-state index contributed by atoms with van der Waals surface area (Å²) in [6.07, 6.45) is 7.64. The Labute approximate surface area is 75.8 Å². The Bertz CT molecular complexity index is 249. The minimum Gasteiger partial charge on any atom is -0.251 e. The Morgan fingerprint density at radius 2 is 2.25 bits per heavy atom. The first-order valence-corrected chi connectivity index (χ1v) is 4.51. The molecule has 0 heterocycles. The summed E-state index contributed by atoms with van der Waals surface area (Å²) in [6, 6.07) is 0. The van der Waals surface area contributed by atoms with Crippen LogP contribution in [0, 0.1) is 16.0 Å². The molecule has 0 radical (unpaired) electrons. The molecule has 2 unspecified atom stereocenters. The van der Waals surface area contributed by atoms with Gasteiger partial charge in [-0.3, -0.25) is 10.1 Å². The molecule has 1 aliphatic carbocycles. The van der Waals surface area contributed by atoms with Crippen molar-refractivity contribution in [2.45, 2.75) is 18.6 Å². The first kappa shape index (κ1) is 9.32. The van der Waals surface area contributed by atoms with Gasteiger partial charge in [0.25, 0.3) is 0 Å². The summed E-state index contributed by atoms with van der Waals surface area (Å²) >= 11 is 0.770. The second kappa shape index (κ2) is 3.31. The lowest BCUT2D eigenvalue weighted by Gasteiger charge is -2.25. The molecule has 0 saturated carbocycles. The quantitative estimate of drug-likeness (QED) is 0.377. The molecule has 0 spiro atoms. The lowest BCUT2D eigenvalue weighted by atomic mass is 9.91. The van der Waals surface area contributed by atoms with Gasteiger partial charge in [0, 0.05) is 0 Å².